The summed E-state index contributed by atoms with van der Waals surface area (Å²) < 4.78 is 15.1. The zero-order valence-electron chi connectivity index (χ0n) is 10.1. The van der Waals surface area contributed by atoms with Gasteiger partial charge >= 0.3 is 0 Å². The molecule has 0 aliphatic carbocycles. The van der Waals surface area contributed by atoms with Crippen molar-refractivity contribution in [2.45, 2.75) is 18.9 Å². The molecule has 0 saturated heterocycles. The third kappa shape index (κ3) is 3.88. The van der Waals surface area contributed by atoms with Crippen molar-refractivity contribution in [2.24, 2.45) is 0 Å². The van der Waals surface area contributed by atoms with Crippen molar-refractivity contribution in [3.8, 4) is 0 Å². The topological polar surface area (TPSA) is 20.2 Å². The fraction of sp³-hybridized carbons (Fsp3) is 0.200. The molecule has 0 spiro atoms. The van der Waals surface area contributed by atoms with E-state index in [0.717, 1.165) is 14.5 Å². The molecule has 0 aliphatic rings. The molecule has 0 saturated carbocycles. The Balaban J connectivity index is 2.06. The molecule has 0 aromatic heterocycles. The first-order valence-electron chi connectivity index (χ1n) is 5.94. The minimum Gasteiger partial charge on any atom is -0.388 e. The summed E-state index contributed by atoms with van der Waals surface area (Å²) >= 11 is 6.99. The van der Waals surface area contributed by atoms with Gasteiger partial charge in [-0.25, -0.2) is 4.39 Å². The molecule has 1 N–H and O–H groups in total. The highest BCUT2D eigenvalue weighted by Crippen LogP contribution is 2.28. The van der Waals surface area contributed by atoms with Crippen LogP contribution in [0.5, 0.6) is 0 Å². The molecule has 4 heteroatoms. The lowest BCUT2D eigenvalue weighted by atomic mass is 10.0. The summed E-state index contributed by atoms with van der Waals surface area (Å²) in [5.41, 5.74) is 1.72. The zero-order chi connectivity index (χ0) is 13.8. The van der Waals surface area contributed by atoms with E-state index in [4.69, 9.17) is 0 Å². The Labute approximate surface area is 128 Å². The summed E-state index contributed by atoms with van der Waals surface area (Å²) in [6.07, 6.45) is 0.597. The van der Waals surface area contributed by atoms with Crippen LogP contribution in [0.2, 0.25) is 0 Å². The van der Waals surface area contributed by atoms with E-state index in [9.17, 15) is 9.50 Å². The summed E-state index contributed by atoms with van der Waals surface area (Å²) in [7, 11) is 0. The predicted octanol–water partition coefficient (Wildman–Crippen LogP) is 5.02. The average Bonchev–Trinajstić information content (AvgIpc) is 2.38. The Morgan fingerprint density at radius 3 is 2.32 bits per heavy atom. The van der Waals surface area contributed by atoms with Gasteiger partial charge in [0.05, 0.1) is 6.10 Å². The number of rotatable bonds is 4. The third-order valence-corrected chi connectivity index (χ3v) is 4.45. The van der Waals surface area contributed by atoms with E-state index in [0.29, 0.717) is 18.4 Å². The second-order valence-electron chi connectivity index (χ2n) is 4.31. The van der Waals surface area contributed by atoms with Crippen molar-refractivity contribution >= 4 is 31.9 Å². The highest BCUT2D eigenvalue weighted by molar-refractivity contribution is 9.11. The Hall–Kier alpha value is -0.710. The van der Waals surface area contributed by atoms with Gasteiger partial charge in [0.1, 0.15) is 5.82 Å². The molecule has 0 aliphatic heterocycles. The molecule has 2 aromatic carbocycles. The average molecular weight is 388 g/mol. The molecule has 0 bridgehead atoms. The van der Waals surface area contributed by atoms with Gasteiger partial charge in [0, 0.05) is 8.95 Å². The highest BCUT2D eigenvalue weighted by atomic mass is 79.9. The second kappa shape index (κ2) is 6.64. The van der Waals surface area contributed by atoms with E-state index in [1.807, 2.05) is 18.2 Å². The quantitative estimate of drug-likeness (QED) is 0.781. The second-order valence-corrected chi connectivity index (χ2v) is 6.02. The maximum Gasteiger partial charge on any atom is 0.123 e. The molecule has 1 atom stereocenters. The minimum absolute atomic E-state index is 0.321. The van der Waals surface area contributed by atoms with Crippen LogP contribution in [0.4, 0.5) is 4.39 Å². The first-order chi connectivity index (χ1) is 9.08. The summed E-state index contributed by atoms with van der Waals surface area (Å²) in [5.74, 6) is -0.321. The molecule has 100 valence electrons. The first kappa shape index (κ1) is 14.7. The molecule has 2 aromatic rings. The molecule has 19 heavy (non-hydrogen) atoms. The summed E-state index contributed by atoms with van der Waals surface area (Å²) in [4.78, 5) is 0. The third-order valence-electron chi connectivity index (χ3n) is 2.96. The standard InChI is InChI=1S/C15H13Br2FO/c16-13-5-2-6-14(17)12(13)7-8-15(19)10-3-1-4-11(18)9-10/h1-6,9,15,19H,7-8H2. The fourth-order valence-corrected chi connectivity index (χ4v) is 3.33. The molecule has 1 unspecified atom stereocenters. The van der Waals surface area contributed by atoms with Crippen LogP contribution in [-0.2, 0) is 6.42 Å². The van der Waals surface area contributed by atoms with Gasteiger partial charge in [-0.1, -0.05) is 50.1 Å². The van der Waals surface area contributed by atoms with Crippen molar-refractivity contribution in [1.29, 1.82) is 0 Å². The number of hydrogen-bond acceptors (Lipinski definition) is 1. The van der Waals surface area contributed by atoms with Gasteiger partial charge in [-0.3, -0.25) is 0 Å². The van der Waals surface area contributed by atoms with E-state index >= 15 is 0 Å². The van der Waals surface area contributed by atoms with Crippen LogP contribution in [-0.4, -0.2) is 5.11 Å². The lowest BCUT2D eigenvalue weighted by Gasteiger charge is -2.13. The summed E-state index contributed by atoms with van der Waals surface area (Å²) in [6, 6.07) is 12.0. The number of aliphatic hydroxyl groups is 1. The SMILES string of the molecule is OC(CCc1c(Br)cccc1Br)c1cccc(F)c1. The lowest BCUT2D eigenvalue weighted by Crippen LogP contribution is -2.01. The highest BCUT2D eigenvalue weighted by Gasteiger charge is 2.11. The molecular formula is C15H13Br2FO. The Morgan fingerprint density at radius 1 is 1.05 bits per heavy atom. The van der Waals surface area contributed by atoms with Gasteiger partial charge in [-0.05, 0) is 48.2 Å². The van der Waals surface area contributed by atoms with Crippen molar-refractivity contribution in [2.75, 3.05) is 0 Å². The molecule has 0 fully saturated rings. The van der Waals surface area contributed by atoms with Crippen LogP contribution in [0.25, 0.3) is 0 Å². The number of halogens is 3. The van der Waals surface area contributed by atoms with Crippen molar-refractivity contribution in [1.82, 2.24) is 0 Å². The van der Waals surface area contributed by atoms with Gasteiger partial charge in [-0.15, -0.1) is 0 Å². The first-order valence-corrected chi connectivity index (χ1v) is 7.53. The zero-order valence-corrected chi connectivity index (χ0v) is 13.3. The predicted molar refractivity (Wildman–Crippen MR) is 81.5 cm³/mol. The molecular weight excluding hydrogens is 375 g/mol. The van der Waals surface area contributed by atoms with E-state index in [1.54, 1.807) is 12.1 Å². The Bertz CT molecular complexity index is 552. The van der Waals surface area contributed by atoms with Crippen molar-refractivity contribution in [3.63, 3.8) is 0 Å². The molecule has 0 heterocycles. The van der Waals surface area contributed by atoms with Crippen LogP contribution >= 0.6 is 31.9 Å². The molecule has 0 radical (unpaired) electrons. The lowest BCUT2D eigenvalue weighted by molar-refractivity contribution is 0.167. The van der Waals surface area contributed by atoms with E-state index < -0.39 is 6.10 Å². The smallest absolute Gasteiger partial charge is 0.123 e. The fourth-order valence-electron chi connectivity index (χ4n) is 1.93. The number of hydrogen-bond donors (Lipinski definition) is 1. The van der Waals surface area contributed by atoms with Crippen LogP contribution in [0.15, 0.2) is 51.4 Å². The van der Waals surface area contributed by atoms with Crippen LogP contribution < -0.4 is 0 Å². The van der Waals surface area contributed by atoms with E-state index in [2.05, 4.69) is 31.9 Å². The molecule has 2 rings (SSSR count). The Kier molecular flexibility index (Phi) is 5.13. The summed E-state index contributed by atoms with van der Waals surface area (Å²) in [6.45, 7) is 0. The van der Waals surface area contributed by atoms with Crippen molar-refractivity contribution < 1.29 is 9.50 Å². The van der Waals surface area contributed by atoms with Gasteiger partial charge in [-0.2, -0.15) is 0 Å². The van der Waals surface area contributed by atoms with Gasteiger partial charge in [0.15, 0.2) is 0 Å². The van der Waals surface area contributed by atoms with Gasteiger partial charge < -0.3 is 5.11 Å². The van der Waals surface area contributed by atoms with Crippen molar-refractivity contribution in [3.05, 3.63) is 68.4 Å². The summed E-state index contributed by atoms with van der Waals surface area (Å²) in [5, 5.41) is 10.1. The number of benzene rings is 2. The molecule has 1 nitrogen and oxygen atoms in total. The van der Waals surface area contributed by atoms with Gasteiger partial charge in [0.2, 0.25) is 0 Å². The largest absolute Gasteiger partial charge is 0.388 e. The maximum atomic E-state index is 13.1. The number of aliphatic hydroxyl groups excluding tert-OH is 1. The van der Waals surface area contributed by atoms with Crippen LogP contribution in [0.1, 0.15) is 23.7 Å². The minimum atomic E-state index is -0.658. The normalized spacial score (nSPS) is 12.4. The van der Waals surface area contributed by atoms with Crippen LogP contribution in [0.3, 0.4) is 0 Å². The van der Waals surface area contributed by atoms with E-state index in [-0.39, 0.29) is 5.82 Å². The van der Waals surface area contributed by atoms with Gasteiger partial charge in [0.25, 0.3) is 0 Å². The van der Waals surface area contributed by atoms with Crippen LogP contribution in [0, 0.1) is 5.82 Å². The monoisotopic (exact) mass is 386 g/mol. The molecule has 0 amide bonds. The van der Waals surface area contributed by atoms with E-state index in [1.165, 1.54) is 12.1 Å². The maximum absolute atomic E-state index is 13.1. The Morgan fingerprint density at radius 2 is 1.68 bits per heavy atom.